The van der Waals surface area contributed by atoms with Gasteiger partial charge in [0.1, 0.15) is 11.4 Å². The Hall–Kier alpha value is -2.64. The van der Waals surface area contributed by atoms with E-state index in [9.17, 15) is 4.79 Å². The van der Waals surface area contributed by atoms with Crippen molar-refractivity contribution in [2.75, 3.05) is 57.1 Å². The molecule has 2 heterocycles. The van der Waals surface area contributed by atoms with Crippen LogP contribution in [0.15, 0.2) is 42.6 Å². The Morgan fingerprint density at radius 3 is 2.77 bits per heavy atom. The molecule has 2 N–H and O–H groups in total. The third-order valence-electron chi connectivity index (χ3n) is 4.21. The second-order valence-electron chi connectivity index (χ2n) is 5.97. The average molecular weight is 356 g/mol. The van der Waals surface area contributed by atoms with E-state index in [1.807, 2.05) is 18.2 Å². The van der Waals surface area contributed by atoms with Crippen LogP contribution in [0.5, 0.6) is 5.75 Å². The van der Waals surface area contributed by atoms with Gasteiger partial charge in [0.2, 0.25) is 0 Å². The van der Waals surface area contributed by atoms with Crippen molar-refractivity contribution in [3.05, 3.63) is 48.3 Å². The summed E-state index contributed by atoms with van der Waals surface area (Å²) in [6, 6.07) is 10.9. The molecule has 0 saturated carbocycles. The van der Waals surface area contributed by atoms with E-state index in [0.717, 1.165) is 45.1 Å². The molecule has 7 nitrogen and oxygen atoms in total. The number of methoxy groups -OCH3 is 1. The molecular formula is C19H24N4O3. The Balaban J connectivity index is 1.51. The standard InChI is InChI=1S/C19H24N4O3/c1-25-18-5-3-2-4-16(18)22-19(24)17-7-6-15(14-21-17)20-8-9-23-10-12-26-13-11-23/h2-7,14,20H,8-13H2,1H3,(H,22,24). The number of pyridine rings is 1. The van der Waals surface area contributed by atoms with Crippen LogP contribution in [0.3, 0.4) is 0 Å². The highest BCUT2D eigenvalue weighted by Gasteiger charge is 2.11. The van der Waals surface area contributed by atoms with Crippen LogP contribution in [0.25, 0.3) is 0 Å². The molecule has 1 aromatic heterocycles. The number of aromatic nitrogens is 1. The summed E-state index contributed by atoms with van der Waals surface area (Å²) in [6.07, 6.45) is 1.68. The highest BCUT2D eigenvalue weighted by Crippen LogP contribution is 2.23. The van der Waals surface area contributed by atoms with Gasteiger partial charge in [-0.05, 0) is 24.3 Å². The van der Waals surface area contributed by atoms with E-state index in [2.05, 4.69) is 20.5 Å². The molecule has 0 radical (unpaired) electrons. The minimum Gasteiger partial charge on any atom is -0.495 e. The number of amides is 1. The molecule has 1 aromatic carbocycles. The van der Waals surface area contributed by atoms with E-state index >= 15 is 0 Å². The zero-order chi connectivity index (χ0) is 18.2. The quantitative estimate of drug-likeness (QED) is 0.791. The van der Waals surface area contributed by atoms with Crippen LogP contribution in [-0.4, -0.2) is 62.3 Å². The molecule has 1 aliphatic heterocycles. The van der Waals surface area contributed by atoms with Gasteiger partial charge in [-0.3, -0.25) is 9.69 Å². The highest BCUT2D eigenvalue weighted by molar-refractivity contribution is 6.03. The molecular weight excluding hydrogens is 332 g/mol. The molecule has 138 valence electrons. The maximum Gasteiger partial charge on any atom is 0.274 e. The molecule has 1 fully saturated rings. The lowest BCUT2D eigenvalue weighted by molar-refractivity contribution is 0.0398. The van der Waals surface area contributed by atoms with Crippen LogP contribution in [0.4, 0.5) is 11.4 Å². The molecule has 0 aliphatic carbocycles. The number of benzene rings is 1. The Bertz CT molecular complexity index is 715. The molecule has 3 rings (SSSR count). The number of carbonyl (C=O) groups excluding carboxylic acids is 1. The van der Waals surface area contributed by atoms with Gasteiger partial charge in [0.25, 0.3) is 5.91 Å². The number of rotatable bonds is 7. The second-order valence-corrected chi connectivity index (χ2v) is 5.97. The topological polar surface area (TPSA) is 75.7 Å². The van der Waals surface area contributed by atoms with Gasteiger partial charge in [0.05, 0.1) is 37.9 Å². The maximum absolute atomic E-state index is 12.3. The molecule has 0 bridgehead atoms. The summed E-state index contributed by atoms with van der Waals surface area (Å²) < 4.78 is 10.6. The Morgan fingerprint density at radius 1 is 1.23 bits per heavy atom. The first kappa shape index (κ1) is 18.2. The van der Waals surface area contributed by atoms with Crippen molar-refractivity contribution < 1.29 is 14.3 Å². The second kappa shape index (κ2) is 9.17. The van der Waals surface area contributed by atoms with Crippen molar-refractivity contribution in [1.82, 2.24) is 9.88 Å². The van der Waals surface area contributed by atoms with Crippen LogP contribution in [0, 0.1) is 0 Å². The lowest BCUT2D eigenvalue weighted by Crippen LogP contribution is -2.39. The van der Waals surface area contributed by atoms with E-state index in [1.165, 1.54) is 0 Å². The van der Waals surface area contributed by atoms with Gasteiger partial charge in [0, 0.05) is 26.2 Å². The Kier molecular flexibility index (Phi) is 6.40. The summed E-state index contributed by atoms with van der Waals surface area (Å²) in [7, 11) is 1.57. The van der Waals surface area contributed by atoms with E-state index in [4.69, 9.17) is 9.47 Å². The number of carbonyl (C=O) groups is 1. The zero-order valence-corrected chi connectivity index (χ0v) is 14.9. The number of para-hydroxylation sites is 2. The van der Waals surface area contributed by atoms with Gasteiger partial charge in [-0.1, -0.05) is 12.1 Å². The molecule has 0 unspecified atom stereocenters. The van der Waals surface area contributed by atoms with E-state index in [-0.39, 0.29) is 5.91 Å². The maximum atomic E-state index is 12.3. The zero-order valence-electron chi connectivity index (χ0n) is 14.9. The fourth-order valence-corrected chi connectivity index (χ4v) is 2.75. The molecule has 1 saturated heterocycles. The molecule has 0 spiro atoms. The van der Waals surface area contributed by atoms with Gasteiger partial charge in [-0.15, -0.1) is 0 Å². The predicted molar refractivity (Wildman–Crippen MR) is 101 cm³/mol. The minimum absolute atomic E-state index is 0.269. The molecule has 2 aromatic rings. The summed E-state index contributed by atoms with van der Waals surface area (Å²) in [6.45, 7) is 5.34. The highest BCUT2D eigenvalue weighted by atomic mass is 16.5. The van der Waals surface area contributed by atoms with Crippen molar-refractivity contribution in [2.45, 2.75) is 0 Å². The smallest absolute Gasteiger partial charge is 0.274 e. The van der Waals surface area contributed by atoms with Crippen LogP contribution < -0.4 is 15.4 Å². The van der Waals surface area contributed by atoms with Crippen molar-refractivity contribution in [1.29, 1.82) is 0 Å². The number of hydrogen-bond acceptors (Lipinski definition) is 6. The number of hydrogen-bond donors (Lipinski definition) is 2. The fraction of sp³-hybridized carbons (Fsp3) is 0.368. The first-order valence-electron chi connectivity index (χ1n) is 8.70. The van der Waals surface area contributed by atoms with Gasteiger partial charge < -0.3 is 20.1 Å². The van der Waals surface area contributed by atoms with E-state index in [1.54, 1.807) is 31.5 Å². The van der Waals surface area contributed by atoms with Crippen molar-refractivity contribution in [3.63, 3.8) is 0 Å². The van der Waals surface area contributed by atoms with Crippen molar-refractivity contribution in [2.24, 2.45) is 0 Å². The summed E-state index contributed by atoms with van der Waals surface area (Å²) in [4.78, 5) is 19.0. The monoisotopic (exact) mass is 356 g/mol. The fourth-order valence-electron chi connectivity index (χ4n) is 2.75. The van der Waals surface area contributed by atoms with Crippen LogP contribution in [-0.2, 0) is 4.74 Å². The number of ether oxygens (including phenoxy) is 2. The average Bonchev–Trinajstić information content (AvgIpc) is 2.70. The third-order valence-corrected chi connectivity index (χ3v) is 4.21. The third kappa shape index (κ3) is 4.93. The van der Waals surface area contributed by atoms with Crippen LogP contribution >= 0.6 is 0 Å². The normalized spacial score (nSPS) is 14.7. The van der Waals surface area contributed by atoms with Crippen LogP contribution in [0.1, 0.15) is 10.5 Å². The molecule has 0 atom stereocenters. The molecule has 1 amide bonds. The van der Waals surface area contributed by atoms with Gasteiger partial charge in [-0.2, -0.15) is 0 Å². The lowest BCUT2D eigenvalue weighted by Gasteiger charge is -2.26. The summed E-state index contributed by atoms with van der Waals surface area (Å²) in [5.74, 6) is 0.344. The van der Waals surface area contributed by atoms with Crippen molar-refractivity contribution in [3.8, 4) is 5.75 Å². The van der Waals surface area contributed by atoms with Crippen molar-refractivity contribution >= 4 is 17.3 Å². The molecule has 1 aliphatic rings. The van der Waals surface area contributed by atoms with Gasteiger partial charge >= 0.3 is 0 Å². The number of nitrogens with one attached hydrogen (secondary N) is 2. The van der Waals surface area contributed by atoms with E-state index in [0.29, 0.717) is 17.1 Å². The number of anilines is 2. The predicted octanol–water partition coefficient (Wildman–Crippen LogP) is 2.09. The SMILES string of the molecule is COc1ccccc1NC(=O)c1ccc(NCCN2CCOCC2)cn1. The molecule has 26 heavy (non-hydrogen) atoms. The van der Waals surface area contributed by atoms with Gasteiger partial charge in [0.15, 0.2) is 0 Å². The summed E-state index contributed by atoms with van der Waals surface area (Å²) in [5, 5.41) is 6.15. The minimum atomic E-state index is -0.269. The lowest BCUT2D eigenvalue weighted by atomic mass is 10.2. The largest absolute Gasteiger partial charge is 0.495 e. The van der Waals surface area contributed by atoms with E-state index < -0.39 is 0 Å². The number of nitrogens with zero attached hydrogens (tertiary/aromatic N) is 2. The first-order valence-corrected chi connectivity index (χ1v) is 8.70. The summed E-state index contributed by atoms with van der Waals surface area (Å²) in [5.41, 5.74) is 1.87. The Morgan fingerprint density at radius 2 is 2.04 bits per heavy atom. The van der Waals surface area contributed by atoms with Crippen LogP contribution in [0.2, 0.25) is 0 Å². The number of morpholine rings is 1. The van der Waals surface area contributed by atoms with Gasteiger partial charge in [-0.25, -0.2) is 4.98 Å². The Labute approximate surface area is 153 Å². The molecule has 7 heteroatoms. The summed E-state index contributed by atoms with van der Waals surface area (Å²) >= 11 is 0. The first-order chi connectivity index (χ1) is 12.8.